The van der Waals surface area contributed by atoms with Gasteiger partial charge in [0, 0.05) is 17.7 Å². The van der Waals surface area contributed by atoms with Gasteiger partial charge in [-0.3, -0.25) is 4.72 Å². The molecule has 0 amide bonds. The number of hydrogen-bond acceptors (Lipinski definition) is 4. The Hall–Kier alpha value is -2.83. The summed E-state index contributed by atoms with van der Waals surface area (Å²) in [6.07, 6.45) is 6.59. The summed E-state index contributed by atoms with van der Waals surface area (Å²) in [6, 6.07) is 22.8. The van der Waals surface area contributed by atoms with Gasteiger partial charge in [-0.15, -0.1) is 0 Å². The van der Waals surface area contributed by atoms with E-state index in [1.165, 1.54) is 34.9 Å². The summed E-state index contributed by atoms with van der Waals surface area (Å²) in [6.45, 7) is 3.64. The smallest absolute Gasteiger partial charge is 0.229 e. The standard InChI is InChI=1S/C29H33NO4S/c1-29(23-9-7-10-24(19-23)30-35(2,31)32)27-12-4-3-8-21(27)13-14-22-18-25(15-16-28(22)29)34-20-26-11-5-6-17-33-26/h3-4,7-10,12,15-16,18-19,26,30H,5-6,11,13-14,17,20H2,1-2H3. The van der Waals surface area contributed by atoms with Crippen molar-refractivity contribution in [3.05, 3.63) is 94.5 Å². The summed E-state index contributed by atoms with van der Waals surface area (Å²) in [4.78, 5) is 0. The first-order valence-electron chi connectivity index (χ1n) is 12.4. The van der Waals surface area contributed by atoms with E-state index in [-0.39, 0.29) is 6.10 Å². The maximum Gasteiger partial charge on any atom is 0.229 e. The predicted octanol–water partition coefficient (Wildman–Crippen LogP) is 5.46. The SMILES string of the molecule is CC1(c2cccc(NS(C)(=O)=O)c2)c2ccccc2CCc2cc(OCC3CCCCO3)ccc21. The van der Waals surface area contributed by atoms with Crippen LogP contribution in [-0.4, -0.2) is 34.0 Å². The molecule has 3 aromatic carbocycles. The Balaban J connectivity index is 1.55. The van der Waals surface area contributed by atoms with Gasteiger partial charge in [0.25, 0.3) is 0 Å². The van der Waals surface area contributed by atoms with Crippen LogP contribution in [0.15, 0.2) is 66.7 Å². The van der Waals surface area contributed by atoms with Crippen LogP contribution in [0.4, 0.5) is 5.69 Å². The third kappa shape index (κ3) is 5.09. The molecule has 1 saturated heterocycles. The van der Waals surface area contributed by atoms with Crippen molar-refractivity contribution < 1.29 is 17.9 Å². The third-order valence-corrected chi connectivity index (χ3v) is 7.89. The molecule has 1 fully saturated rings. The Bertz CT molecular complexity index is 1310. The molecular weight excluding hydrogens is 458 g/mol. The van der Waals surface area contributed by atoms with Crippen LogP contribution in [0, 0.1) is 0 Å². The van der Waals surface area contributed by atoms with Crippen LogP contribution in [0.3, 0.4) is 0 Å². The zero-order valence-electron chi connectivity index (χ0n) is 20.4. The minimum absolute atomic E-state index is 0.169. The molecule has 1 heterocycles. The lowest BCUT2D eigenvalue weighted by Crippen LogP contribution is -2.27. The van der Waals surface area contributed by atoms with Crippen LogP contribution in [0.25, 0.3) is 0 Å². The van der Waals surface area contributed by atoms with E-state index in [9.17, 15) is 8.42 Å². The van der Waals surface area contributed by atoms with Gasteiger partial charge in [0.2, 0.25) is 10.0 Å². The predicted molar refractivity (Wildman–Crippen MR) is 140 cm³/mol. The average Bonchev–Trinajstić information content (AvgIpc) is 2.98. The number of benzene rings is 3. The van der Waals surface area contributed by atoms with Gasteiger partial charge in [0.05, 0.1) is 12.4 Å². The van der Waals surface area contributed by atoms with Gasteiger partial charge in [-0.05, 0) is 91.1 Å². The van der Waals surface area contributed by atoms with Gasteiger partial charge in [0.15, 0.2) is 0 Å². The lowest BCUT2D eigenvalue weighted by Gasteiger charge is -2.34. The van der Waals surface area contributed by atoms with Crippen LogP contribution in [0.1, 0.15) is 54.0 Å². The minimum Gasteiger partial charge on any atom is -0.491 e. The Labute approximate surface area is 208 Å². The van der Waals surface area contributed by atoms with E-state index in [0.29, 0.717) is 12.3 Å². The molecule has 0 spiro atoms. The van der Waals surface area contributed by atoms with Gasteiger partial charge >= 0.3 is 0 Å². The van der Waals surface area contributed by atoms with Crippen molar-refractivity contribution in [1.29, 1.82) is 0 Å². The number of sulfonamides is 1. The molecule has 184 valence electrons. The first-order chi connectivity index (χ1) is 16.8. The quantitative estimate of drug-likeness (QED) is 0.497. The van der Waals surface area contributed by atoms with E-state index < -0.39 is 15.4 Å². The Kier molecular flexibility index (Phi) is 6.60. The highest BCUT2D eigenvalue weighted by atomic mass is 32.2. The first-order valence-corrected chi connectivity index (χ1v) is 14.3. The third-order valence-electron chi connectivity index (χ3n) is 7.29. The molecule has 0 radical (unpaired) electrons. The fourth-order valence-corrected chi connectivity index (χ4v) is 6.10. The van der Waals surface area contributed by atoms with Crippen LogP contribution >= 0.6 is 0 Å². The molecule has 0 bridgehead atoms. The van der Waals surface area contributed by atoms with Crippen molar-refractivity contribution in [3.63, 3.8) is 0 Å². The van der Waals surface area contributed by atoms with E-state index in [1.807, 2.05) is 12.1 Å². The van der Waals surface area contributed by atoms with Crippen molar-refractivity contribution in [2.75, 3.05) is 24.2 Å². The minimum atomic E-state index is -3.37. The molecule has 0 saturated carbocycles. The average molecular weight is 492 g/mol. The first kappa shape index (κ1) is 23.9. The molecule has 35 heavy (non-hydrogen) atoms. The highest BCUT2D eigenvalue weighted by molar-refractivity contribution is 7.92. The number of rotatable bonds is 6. The number of ether oxygens (including phenoxy) is 2. The van der Waals surface area contributed by atoms with E-state index in [1.54, 1.807) is 6.07 Å². The highest BCUT2D eigenvalue weighted by Gasteiger charge is 2.37. The summed E-state index contributed by atoms with van der Waals surface area (Å²) in [5.41, 5.74) is 6.22. The molecule has 2 unspecified atom stereocenters. The molecular formula is C29H33NO4S. The largest absolute Gasteiger partial charge is 0.491 e. The lowest BCUT2D eigenvalue weighted by molar-refractivity contribution is -0.0110. The molecule has 5 rings (SSSR count). The molecule has 2 atom stereocenters. The van der Waals surface area contributed by atoms with Crippen molar-refractivity contribution >= 4 is 15.7 Å². The van der Waals surface area contributed by atoms with Crippen LogP contribution in [0.5, 0.6) is 5.75 Å². The summed E-state index contributed by atoms with van der Waals surface area (Å²) < 4.78 is 38.5. The summed E-state index contributed by atoms with van der Waals surface area (Å²) in [7, 11) is -3.37. The van der Waals surface area contributed by atoms with E-state index in [2.05, 4.69) is 60.2 Å². The number of hydrogen-bond donors (Lipinski definition) is 1. The van der Waals surface area contributed by atoms with Gasteiger partial charge in [-0.1, -0.05) is 42.5 Å². The van der Waals surface area contributed by atoms with Gasteiger partial charge in [0.1, 0.15) is 12.4 Å². The number of fused-ring (bicyclic) bond motifs is 2. The molecule has 2 aliphatic rings. The van der Waals surface area contributed by atoms with Gasteiger partial charge in [-0.25, -0.2) is 8.42 Å². The Morgan fingerprint density at radius 3 is 2.57 bits per heavy atom. The molecule has 0 aromatic heterocycles. The second-order valence-corrected chi connectivity index (χ2v) is 11.6. The maximum absolute atomic E-state index is 11.9. The van der Waals surface area contributed by atoms with Crippen molar-refractivity contribution in [3.8, 4) is 5.75 Å². The molecule has 6 heteroatoms. The zero-order valence-corrected chi connectivity index (χ0v) is 21.2. The second kappa shape index (κ2) is 9.67. The number of aryl methyl sites for hydroxylation is 2. The normalized spacial score (nSPS) is 21.9. The fraction of sp³-hybridized carbons (Fsp3) is 0.379. The van der Waals surface area contributed by atoms with Crippen molar-refractivity contribution in [2.45, 2.75) is 50.5 Å². The second-order valence-electron chi connectivity index (χ2n) is 9.86. The summed E-state index contributed by atoms with van der Waals surface area (Å²) >= 11 is 0. The molecule has 3 aromatic rings. The number of anilines is 1. The topological polar surface area (TPSA) is 64.6 Å². The monoisotopic (exact) mass is 491 g/mol. The summed E-state index contributed by atoms with van der Waals surface area (Å²) in [5.74, 6) is 0.874. The van der Waals surface area contributed by atoms with Crippen LogP contribution < -0.4 is 9.46 Å². The van der Waals surface area contributed by atoms with Crippen LogP contribution in [-0.2, 0) is 33.0 Å². The maximum atomic E-state index is 11.9. The number of nitrogens with one attached hydrogen (secondary N) is 1. The van der Waals surface area contributed by atoms with E-state index in [0.717, 1.165) is 43.6 Å². The Morgan fingerprint density at radius 2 is 1.77 bits per heavy atom. The van der Waals surface area contributed by atoms with E-state index in [4.69, 9.17) is 9.47 Å². The molecule has 1 aliphatic heterocycles. The van der Waals surface area contributed by atoms with E-state index >= 15 is 0 Å². The highest BCUT2D eigenvalue weighted by Crippen LogP contribution is 2.45. The van der Waals surface area contributed by atoms with Gasteiger partial charge < -0.3 is 9.47 Å². The fourth-order valence-electron chi connectivity index (χ4n) is 5.54. The lowest BCUT2D eigenvalue weighted by atomic mass is 9.69. The van der Waals surface area contributed by atoms with Crippen molar-refractivity contribution in [1.82, 2.24) is 0 Å². The van der Waals surface area contributed by atoms with Crippen molar-refractivity contribution in [2.24, 2.45) is 0 Å². The molecule has 1 N–H and O–H groups in total. The van der Waals surface area contributed by atoms with Crippen LogP contribution in [0.2, 0.25) is 0 Å². The van der Waals surface area contributed by atoms with Gasteiger partial charge in [-0.2, -0.15) is 0 Å². The summed E-state index contributed by atoms with van der Waals surface area (Å²) in [5, 5.41) is 0. The molecule has 5 nitrogen and oxygen atoms in total. The Morgan fingerprint density at radius 1 is 0.971 bits per heavy atom. The zero-order chi connectivity index (χ0) is 24.5. The molecule has 1 aliphatic carbocycles.